The summed E-state index contributed by atoms with van der Waals surface area (Å²) in [5.74, 6) is -1.12. The molecule has 0 bridgehead atoms. The number of aliphatic hydroxyl groups is 1. The highest BCUT2D eigenvalue weighted by Crippen LogP contribution is 2.23. The number of nitrogens with zero attached hydrogens (tertiary/aromatic N) is 1. The first kappa shape index (κ1) is 25.0. The topological polar surface area (TPSA) is 112 Å². The molecule has 2 aliphatic heterocycles. The molecule has 2 amide bonds. The predicted octanol–water partition coefficient (Wildman–Crippen LogP) is 2.86. The molecule has 3 N–H and O–H groups in total. The number of hydrogen-bond acceptors (Lipinski definition) is 5. The van der Waals surface area contributed by atoms with Gasteiger partial charge in [0.2, 0.25) is 11.8 Å². The van der Waals surface area contributed by atoms with Gasteiger partial charge in [-0.05, 0) is 50.2 Å². The summed E-state index contributed by atoms with van der Waals surface area (Å²) in [6.45, 7) is 0.644. The molecule has 1 fully saturated rings. The highest BCUT2D eigenvalue weighted by molar-refractivity contribution is 5.87. The van der Waals surface area contributed by atoms with Crippen molar-refractivity contribution >= 4 is 28.7 Å². The van der Waals surface area contributed by atoms with E-state index in [1.165, 1.54) is 0 Å². The van der Waals surface area contributed by atoms with Crippen molar-refractivity contribution in [3.8, 4) is 0 Å². The van der Waals surface area contributed by atoms with Gasteiger partial charge in [0.05, 0.1) is 24.6 Å². The van der Waals surface area contributed by atoms with E-state index < -0.39 is 12.0 Å². The van der Waals surface area contributed by atoms with Gasteiger partial charge in [-0.25, -0.2) is 0 Å². The Morgan fingerprint density at radius 2 is 2.03 bits per heavy atom. The maximum absolute atomic E-state index is 13.4. The fourth-order valence-corrected chi connectivity index (χ4v) is 5.01. The second kappa shape index (κ2) is 12.0. The molecule has 3 atom stereocenters. The number of amides is 2. The van der Waals surface area contributed by atoms with Crippen LogP contribution in [0, 0.1) is 5.92 Å². The number of carbonyl (C=O) groups excluding carboxylic acids is 3. The number of esters is 1. The molecule has 0 unspecified atom stereocenters. The van der Waals surface area contributed by atoms with Crippen LogP contribution in [0.15, 0.2) is 42.6 Å². The Hall–Kier alpha value is -3.13. The number of fused-ring (bicyclic) bond motifs is 1. The van der Waals surface area contributed by atoms with Crippen molar-refractivity contribution in [1.82, 2.24) is 15.2 Å². The van der Waals surface area contributed by atoms with Crippen molar-refractivity contribution in [1.29, 1.82) is 0 Å². The molecule has 1 saturated heterocycles. The van der Waals surface area contributed by atoms with Crippen LogP contribution in [0.2, 0.25) is 0 Å². The Morgan fingerprint density at radius 3 is 2.89 bits per heavy atom. The minimum atomic E-state index is -0.527. The van der Waals surface area contributed by atoms with Gasteiger partial charge in [-0.3, -0.25) is 14.4 Å². The quantitative estimate of drug-likeness (QED) is 0.449. The van der Waals surface area contributed by atoms with E-state index in [1.54, 1.807) is 4.90 Å². The van der Waals surface area contributed by atoms with Gasteiger partial charge in [-0.1, -0.05) is 30.4 Å². The minimum Gasteiger partial charge on any atom is -0.463 e. The number of benzene rings is 1. The summed E-state index contributed by atoms with van der Waals surface area (Å²) >= 11 is 0. The number of nitrogens with one attached hydrogen (secondary N) is 2. The van der Waals surface area contributed by atoms with Crippen LogP contribution in [0.25, 0.3) is 10.9 Å². The van der Waals surface area contributed by atoms with E-state index in [-0.39, 0.29) is 43.5 Å². The Bertz CT molecular complexity index is 1060. The number of carbonyl (C=O) groups is 3. The van der Waals surface area contributed by atoms with Crippen LogP contribution < -0.4 is 5.32 Å². The Kier molecular flexibility index (Phi) is 8.58. The molecule has 4 rings (SSSR count). The Balaban J connectivity index is 1.51. The van der Waals surface area contributed by atoms with Crippen molar-refractivity contribution in [3.05, 3.63) is 48.2 Å². The standard InChI is InChI=1S/C27H35N3O5/c31-17-22-9-7-13-30(22)25(32)15-19-8-3-1-2-4-12-26(33)35-18-21(29-27(19)34)14-20-16-28-24-11-6-5-10-23(20)24/h1,3,5-6,10-11,16,19,21-22,28,31H,2,4,7-9,12-15,17-18H2,(H,29,34)/t19-,21+,22+/m1/s1. The number of H-pyrrole nitrogens is 1. The van der Waals surface area contributed by atoms with E-state index in [0.29, 0.717) is 32.2 Å². The van der Waals surface area contributed by atoms with Gasteiger partial charge < -0.3 is 25.0 Å². The number of aromatic amines is 1. The molecule has 0 saturated carbocycles. The van der Waals surface area contributed by atoms with E-state index in [4.69, 9.17) is 4.74 Å². The molecule has 2 aromatic rings. The number of ether oxygens (including phenoxy) is 1. The molecule has 1 aromatic carbocycles. The average Bonchev–Trinajstić information content (AvgIpc) is 3.50. The van der Waals surface area contributed by atoms with E-state index in [9.17, 15) is 19.5 Å². The SMILES string of the molecule is O=C1CCCC=CC[C@H](CC(=O)N2CCC[C@H]2CO)C(=O)N[C@@H](Cc2c[nH]c3ccccc23)CO1. The fourth-order valence-electron chi connectivity index (χ4n) is 5.01. The van der Waals surface area contributed by atoms with E-state index in [2.05, 4.69) is 10.3 Å². The van der Waals surface area contributed by atoms with Crippen LogP contribution in [-0.2, 0) is 25.5 Å². The fraction of sp³-hybridized carbons (Fsp3) is 0.519. The molecule has 35 heavy (non-hydrogen) atoms. The number of para-hydroxylation sites is 1. The number of aliphatic hydroxyl groups excluding tert-OH is 1. The van der Waals surface area contributed by atoms with Crippen molar-refractivity contribution in [2.45, 2.75) is 63.5 Å². The molecule has 0 spiro atoms. The predicted molar refractivity (Wildman–Crippen MR) is 132 cm³/mol. The zero-order valence-corrected chi connectivity index (χ0v) is 20.1. The van der Waals surface area contributed by atoms with Gasteiger partial charge in [-0.2, -0.15) is 0 Å². The molecule has 2 aliphatic rings. The number of cyclic esters (lactones) is 1. The van der Waals surface area contributed by atoms with Crippen LogP contribution in [0.5, 0.6) is 0 Å². The molecule has 0 radical (unpaired) electrons. The highest BCUT2D eigenvalue weighted by atomic mass is 16.5. The number of allylic oxidation sites excluding steroid dienone is 2. The molecule has 8 nitrogen and oxygen atoms in total. The lowest BCUT2D eigenvalue weighted by molar-refractivity contribution is -0.145. The Morgan fingerprint density at radius 1 is 1.17 bits per heavy atom. The number of aromatic nitrogens is 1. The number of rotatable bonds is 5. The lowest BCUT2D eigenvalue weighted by Gasteiger charge is -2.26. The van der Waals surface area contributed by atoms with Gasteiger partial charge in [-0.15, -0.1) is 0 Å². The maximum Gasteiger partial charge on any atom is 0.305 e. The van der Waals surface area contributed by atoms with Gasteiger partial charge >= 0.3 is 5.97 Å². The second-order valence-electron chi connectivity index (χ2n) is 9.52. The van der Waals surface area contributed by atoms with Gasteiger partial charge in [0.25, 0.3) is 0 Å². The first-order valence-corrected chi connectivity index (χ1v) is 12.6. The zero-order chi connectivity index (χ0) is 24.6. The summed E-state index contributed by atoms with van der Waals surface area (Å²) in [6.07, 6.45) is 10.2. The van der Waals surface area contributed by atoms with E-state index >= 15 is 0 Å². The summed E-state index contributed by atoms with van der Waals surface area (Å²) in [6, 6.07) is 7.37. The average molecular weight is 482 g/mol. The molecular weight excluding hydrogens is 446 g/mol. The van der Waals surface area contributed by atoms with Crippen LogP contribution in [-0.4, -0.2) is 64.6 Å². The van der Waals surface area contributed by atoms with Gasteiger partial charge in [0.1, 0.15) is 6.61 Å². The minimum absolute atomic E-state index is 0.0550. The Labute approximate surface area is 205 Å². The third kappa shape index (κ3) is 6.51. The lowest BCUT2D eigenvalue weighted by Crippen LogP contribution is -2.45. The molecule has 8 heteroatoms. The summed E-state index contributed by atoms with van der Waals surface area (Å²) in [5.41, 5.74) is 2.04. The van der Waals surface area contributed by atoms with Crippen molar-refractivity contribution in [3.63, 3.8) is 0 Å². The highest BCUT2D eigenvalue weighted by Gasteiger charge is 2.32. The monoisotopic (exact) mass is 481 g/mol. The zero-order valence-electron chi connectivity index (χ0n) is 20.1. The molecule has 1 aromatic heterocycles. The van der Waals surface area contributed by atoms with E-state index in [1.807, 2.05) is 42.6 Å². The number of hydrogen-bond donors (Lipinski definition) is 3. The van der Waals surface area contributed by atoms with Gasteiger partial charge in [0.15, 0.2) is 0 Å². The summed E-state index contributed by atoms with van der Waals surface area (Å²) in [4.78, 5) is 43.6. The third-order valence-corrected chi connectivity index (χ3v) is 6.97. The normalized spacial score (nSPS) is 24.4. The van der Waals surface area contributed by atoms with Crippen LogP contribution >= 0.6 is 0 Å². The molecule has 0 aliphatic carbocycles. The maximum atomic E-state index is 13.4. The van der Waals surface area contributed by atoms with E-state index in [0.717, 1.165) is 35.7 Å². The van der Waals surface area contributed by atoms with Crippen molar-refractivity contribution < 1.29 is 24.2 Å². The second-order valence-corrected chi connectivity index (χ2v) is 9.52. The smallest absolute Gasteiger partial charge is 0.305 e. The molecule has 188 valence electrons. The summed E-state index contributed by atoms with van der Waals surface area (Å²) in [5, 5.41) is 13.7. The van der Waals surface area contributed by atoms with Crippen LogP contribution in [0.3, 0.4) is 0 Å². The summed E-state index contributed by atoms with van der Waals surface area (Å²) < 4.78 is 5.51. The first-order chi connectivity index (χ1) is 17.0. The lowest BCUT2D eigenvalue weighted by atomic mass is 9.97. The van der Waals surface area contributed by atoms with Crippen molar-refractivity contribution in [2.24, 2.45) is 5.92 Å². The van der Waals surface area contributed by atoms with Gasteiger partial charge in [0, 0.05) is 36.5 Å². The van der Waals surface area contributed by atoms with Crippen molar-refractivity contribution in [2.75, 3.05) is 19.8 Å². The first-order valence-electron chi connectivity index (χ1n) is 12.6. The third-order valence-electron chi connectivity index (χ3n) is 6.97. The molecule has 3 heterocycles. The largest absolute Gasteiger partial charge is 0.463 e. The molecular formula is C27H35N3O5. The van der Waals surface area contributed by atoms with Crippen LogP contribution in [0.4, 0.5) is 0 Å². The van der Waals surface area contributed by atoms with Crippen LogP contribution in [0.1, 0.15) is 50.5 Å². The summed E-state index contributed by atoms with van der Waals surface area (Å²) in [7, 11) is 0. The number of likely N-dealkylation sites (tertiary alicyclic amines) is 1.